The quantitative estimate of drug-likeness (QED) is 0.347. The summed E-state index contributed by atoms with van der Waals surface area (Å²) in [6, 6.07) is 24.9. The molecule has 0 heterocycles. The zero-order valence-corrected chi connectivity index (χ0v) is 23.4. The van der Waals surface area contributed by atoms with Gasteiger partial charge in [0.25, 0.3) is 0 Å². The van der Waals surface area contributed by atoms with Gasteiger partial charge in [-0.25, -0.2) is 0 Å². The molecular formula is C32H40NO6-. The van der Waals surface area contributed by atoms with E-state index >= 15 is 0 Å². The fourth-order valence-electron chi connectivity index (χ4n) is 4.61. The first-order valence-electron chi connectivity index (χ1n) is 13.2. The molecule has 0 aliphatic rings. The molecule has 0 bridgehead atoms. The normalized spacial score (nSPS) is 12.5. The Labute approximate surface area is 231 Å². The van der Waals surface area contributed by atoms with Gasteiger partial charge in [-0.2, -0.15) is 0 Å². The third-order valence-electron chi connectivity index (χ3n) is 6.45. The Morgan fingerprint density at radius 3 is 1.87 bits per heavy atom. The summed E-state index contributed by atoms with van der Waals surface area (Å²) in [5.74, 6) is -1.67. The van der Waals surface area contributed by atoms with Crippen LogP contribution in [0.15, 0.2) is 78.9 Å². The highest BCUT2D eigenvalue weighted by molar-refractivity contribution is 5.77. The maximum Gasteiger partial charge on any atom is 0.303 e. The molecule has 7 nitrogen and oxygen atoms in total. The van der Waals surface area contributed by atoms with Crippen LogP contribution in [-0.4, -0.2) is 45.7 Å². The van der Waals surface area contributed by atoms with Gasteiger partial charge in [0.15, 0.2) is 6.10 Å². The Morgan fingerprint density at radius 1 is 0.872 bits per heavy atom. The predicted molar refractivity (Wildman–Crippen MR) is 150 cm³/mol. The van der Waals surface area contributed by atoms with Gasteiger partial charge < -0.3 is 24.9 Å². The van der Waals surface area contributed by atoms with E-state index in [0.717, 1.165) is 31.0 Å². The smallest absolute Gasteiger partial charge is 0.303 e. The van der Waals surface area contributed by atoms with Crippen LogP contribution in [0.5, 0.6) is 5.75 Å². The molecule has 0 amide bonds. The average molecular weight is 535 g/mol. The number of aromatic hydroxyl groups is 1. The lowest BCUT2D eigenvalue weighted by molar-refractivity contribution is -0.316. The first-order chi connectivity index (χ1) is 18.5. The Balaban J connectivity index is 0.000000322. The topological polar surface area (TPSA) is 110 Å². The van der Waals surface area contributed by atoms with Crippen LogP contribution in [0.25, 0.3) is 0 Å². The first-order valence-corrected chi connectivity index (χ1v) is 13.2. The Kier molecular flexibility index (Phi) is 12.7. The van der Waals surface area contributed by atoms with E-state index in [1.165, 1.54) is 5.56 Å². The molecule has 2 N–H and O–H groups in total. The van der Waals surface area contributed by atoms with E-state index < -0.39 is 18.0 Å². The molecule has 0 unspecified atom stereocenters. The SMILES string of the molecule is CC(=O)O[C@@H](C(=O)[O-])c1ccccc1.CC(C)N(CC[C@H](c1ccccc1)c1cc(CO)ccc1O)C(C)C. The number of aliphatic carboxylic acids is 1. The molecule has 0 aromatic heterocycles. The van der Waals surface area contributed by atoms with Gasteiger partial charge in [0.1, 0.15) is 5.75 Å². The van der Waals surface area contributed by atoms with Gasteiger partial charge in [-0.1, -0.05) is 66.7 Å². The van der Waals surface area contributed by atoms with Gasteiger partial charge in [-0.3, -0.25) is 9.69 Å². The number of phenols is 1. The lowest BCUT2D eigenvalue weighted by Gasteiger charge is -2.32. The minimum atomic E-state index is -1.42. The number of aliphatic hydroxyl groups excluding tert-OH is 1. The third-order valence-corrected chi connectivity index (χ3v) is 6.45. The number of benzene rings is 3. The minimum absolute atomic E-state index is 0.0150. The van der Waals surface area contributed by atoms with Gasteiger partial charge in [-0.05, 0) is 69.5 Å². The second kappa shape index (κ2) is 15.7. The molecule has 7 heteroatoms. The zero-order valence-electron chi connectivity index (χ0n) is 23.4. The number of carbonyl (C=O) groups excluding carboxylic acids is 2. The summed E-state index contributed by atoms with van der Waals surface area (Å²) in [4.78, 5) is 23.7. The number of hydrogen-bond acceptors (Lipinski definition) is 7. The summed E-state index contributed by atoms with van der Waals surface area (Å²) in [6.45, 7) is 11.0. The molecule has 0 fully saturated rings. The van der Waals surface area contributed by atoms with Crippen LogP contribution in [0.2, 0.25) is 0 Å². The second-order valence-corrected chi connectivity index (χ2v) is 9.95. The maximum absolute atomic E-state index is 10.6. The van der Waals surface area contributed by atoms with Crippen LogP contribution in [0.3, 0.4) is 0 Å². The first kappa shape index (κ1) is 31.5. The van der Waals surface area contributed by atoms with Crippen molar-refractivity contribution in [2.24, 2.45) is 0 Å². The fourth-order valence-corrected chi connectivity index (χ4v) is 4.61. The molecule has 3 aromatic rings. The minimum Gasteiger partial charge on any atom is -0.546 e. The molecular weight excluding hydrogens is 494 g/mol. The molecule has 0 aliphatic carbocycles. The van der Waals surface area contributed by atoms with E-state index in [9.17, 15) is 24.9 Å². The van der Waals surface area contributed by atoms with Crippen LogP contribution >= 0.6 is 0 Å². The third kappa shape index (κ3) is 9.85. The number of carboxylic acid groups (broad SMARTS) is 1. The Bertz CT molecular complexity index is 1160. The standard InChI is InChI=1S/C22H31NO2.C10H10O4/c1-16(2)23(17(3)4)13-12-20(19-8-6-5-7-9-19)21-14-18(15-24)10-11-22(21)25;1-7(11)14-9(10(12)13)8-5-3-2-4-6-8/h5-11,14,16-17,20,24-25H,12-13,15H2,1-4H3;2-6,9H,1H3,(H,12,13)/p-1/t20-;9-/m11/s1. The number of phenolic OH excluding ortho intramolecular Hbond substituents is 1. The highest BCUT2D eigenvalue weighted by atomic mass is 16.6. The molecule has 3 aromatic carbocycles. The summed E-state index contributed by atoms with van der Waals surface area (Å²) in [5.41, 5.74) is 3.31. The largest absolute Gasteiger partial charge is 0.546 e. The van der Waals surface area contributed by atoms with Crippen molar-refractivity contribution < 1.29 is 29.6 Å². The summed E-state index contributed by atoms with van der Waals surface area (Å²) in [6.07, 6.45) is -0.406. The molecule has 210 valence electrons. The molecule has 0 saturated heterocycles. The van der Waals surface area contributed by atoms with E-state index in [1.54, 1.807) is 42.5 Å². The molecule has 0 spiro atoms. The van der Waals surface area contributed by atoms with E-state index in [-0.39, 0.29) is 12.5 Å². The average Bonchev–Trinajstić information content (AvgIpc) is 2.91. The summed E-state index contributed by atoms with van der Waals surface area (Å²) in [5, 5.41) is 30.6. The van der Waals surface area contributed by atoms with Crippen molar-refractivity contribution in [1.29, 1.82) is 0 Å². The van der Waals surface area contributed by atoms with Crippen molar-refractivity contribution in [2.75, 3.05) is 6.54 Å². The highest BCUT2D eigenvalue weighted by Gasteiger charge is 2.21. The molecule has 0 radical (unpaired) electrons. The lowest BCUT2D eigenvalue weighted by atomic mass is 9.86. The molecule has 39 heavy (non-hydrogen) atoms. The number of aliphatic hydroxyl groups is 1. The van der Waals surface area contributed by atoms with E-state index in [2.05, 4.69) is 49.5 Å². The van der Waals surface area contributed by atoms with Crippen molar-refractivity contribution >= 4 is 11.9 Å². The van der Waals surface area contributed by atoms with Crippen LogP contribution < -0.4 is 5.11 Å². The molecule has 2 atom stereocenters. The van der Waals surface area contributed by atoms with Crippen LogP contribution in [-0.2, 0) is 20.9 Å². The summed E-state index contributed by atoms with van der Waals surface area (Å²) in [7, 11) is 0. The van der Waals surface area contributed by atoms with Crippen molar-refractivity contribution in [2.45, 2.75) is 71.8 Å². The lowest BCUT2D eigenvalue weighted by Crippen LogP contribution is -2.38. The van der Waals surface area contributed by atoms with Crippen molar-refractivity contribution in [3.63, 3.8) is 0 Å². The van der Waals surface area contributed by atoms with Crippen LogP contribution in [0.4, 0.5) is 0 Å². The second-order valence-electron chi connectivity index (χ2n) is 9.95. The van der Waals surface area contributed by atoms with E-state index in [1.807, 2.05) is 24.3 Å². The van der Waals surface area contributed by atoms with E-state index in [0.29, 0.717) is 23.4 Å². The van der Waals surface area contributed by atoms with Crippen molar-refractivity contribution in [3.05, 3.63) is 101 Å². The fraction of sp³-hybridized carbons (Fsp3) is 0.375. The zero-order chi connectivity index (χ0) is 28.9. The van der Waals surface area contributed by atoms with Crippen molar-refractivity contribution in [3.8, 4) is 5.75 Å². The number of nitrogens with zero attached hydrogens (tertiary/aromatic N) is 1. The maximum atomic E-state index is 10.6. The number of rotatable bonds is 11. The summed E-state index contributed by atoms with van der Waals surface area (Å²) >= 11 is 0. The van der Waals surface area contributed by atoms with Crippen LogP contribution in [0.1, 0.15) is 75.3 Å². The van der Waals surface area contributed by atoms with E-state index in [4.69, 9.17) is 0 Å². The van der Waals surface area contributed by atoms with Gasteiger partial charge in [0.05, 0.1) is 12.6 Å². The number of carboxylic acids is 1. The number of esters is 1. The number of hydrogen-bond donors (Lipinski definition) is 2. The Morgan fingerprint density at radius 2 is 1.41 bits per heavy atom. The van der Waals surface area contributed by atoms with Gasteiger partial charge in [-0.15, -0.1) is 0 Å². The number of carbonyl (C=O) groups is 2. The van der Waals surface area contributed by atoms with Crippen LogP contribution in [0, 0.1) is 0 Å². The molecule has 0 saturated carbocycles. The highest BCUT2D eigenvalue weighted by Crippen LogP contribution is 2.35. The van der Waals surface area contributed by atoms with Crippen molar-refractivity contribution in [1.82, 2.24) is 4.90 Å². The van der Waals surface area contributed by atoms with Gasteiger partial charge in [0.2, 0.25) is 0 Å². The molecule has 3 rings (SSSR count). The predicted octanol–water partition coefficient (Wildman–Crippen LogP) is 4.57. The number of ether oxygens (including phenoxy) is 1. The van der Waals surface area contributed by atoms with Gasteiger partial charge in [0, 0.05) is 30.5 Å². The van der Waals surface area contributed by atoms with Gasteiger partial charge >= 0.3 is 5.97 Å². The summed E-state index contributed by atoms with van der Waals surface area (Å²) < 4.78 is 4.60. The Hall–Kier alpha value is -3.68. The molecule has 0 aliphatic heterocycles. The monoisotopic (exact) mass is 534 g/mol.